The van der Waals surface area contributed by atoms with Gasteiger partial charge >= 0.3 is 12.0 Å². The maximum Gasteiger partial charge on any atom is 0.355 e. The molecule has 0 fully saturated rings. The molecule has 7 heteroatoms. The molecule has 2 amide bonds. The monoisotopic (exact) mass is 351 g/mol. The molecule has 140 valence electrons. The summed E-state index contributed by atoms with van der Waals surface area (Å²) in [5, 5.41) is 2.80. The molecule has 0 aliphatic carbocycles. The molecule has 1 heterocycles. The Morgan fingerprint density at radius 1 is 1.16 bits per heavy atom. The van der Waals surface area contributed by atoms with Crippen LogP contribution >= 0.6 is 0 Å². The second kappa shape index (κ2) is 8.69. The van der Waals surface area contributed by atoms with Crippen LogP contribution in [-0.2, 0) is 4.74 Å². The highest BCUT2D eigenvalue weighted by Crippen LogP contribution is 2.22. The van der Waals surface area contributed by atoms with Crippen molar-refractivity contribution >= 4 is 17.8 Å². The highest BCUT2D eigenvalue weighted by atomic mass is 16.5. The van der Waals surface area contributed by atoms with Crippen LogP contribution in [0.4, 0.5) is 4.79 Å². The summed E-state index contributed by atoms with van der Waals surface area (Å²) in [7, 11) is 0. The normalized spacial score (nSPS) is 12.0. The number of esters is 1. The third-order valence-corrected chi connectivity index (χ3v) is 4.02. The minimum atomic E-state index is -0.646. The Hall–Kier alpha value is -2.31. The third kappa shape index (κ3) is 4.61. The number of H-pyrrole nitrogens is 1. The van der Waals surface area contributed by atoms with Gasteiger partial charge in [0.2, 0.25) is 0 Å². The van der Waals surface area contributed by atoms with Gasteiger partial charge in [0.15, 0.2) is 5.78 Å². The van der Waals surface area contributed by atoms with E-state index >= 15 is 0 Å². The van der Waals surface area contributed by atoms with Crippen molar-refractivity contribution in [3.63, 3.8) is 0 Å². The van der Waals surface area contributed by atoms with Gasteiger partial charge < -0.3 is 19.9 Å². The zero-order valence-corrected chi connectivity index (χ0v) is 16.1. The summed E-state index contributed by atoms with van der Waals surface area (Å²) >= 11 is 0. The lowest BCUT2D eigenvalue weighted by Crippen LogP contribution is -2.49. The summed E-state index contributed by atoms with van der Waals surface area (Å²) in [5.74, 6) is -0.692. The average Bonchev–Trinajstić information content (AvgIpc) is 2.81. The van der Waals surface area contributed by atoms with E-state index in [4.69, 9.17) is 4.74 Å². The molecule has 0 aliphatic rings. The minimum absolute atomic E-state index is 0.0185. The van der Waals surface area contributed by atoms with E-state index < -0.39 is 12.0 Å². The van der Waals surface area contributed by atoms with Crippen molar-refractivity contribution in [2.75, 3.05) is 13.2 Å². The van der Waals surface area contributed by atoms with Gasteiger partial charge in [-0.05, 0) is 54.0 Å². The van der Waals surface area contributed by atoms with Crippen molar-refractivity contribution in [3.8, 4) is 0 Å². The van der Waals surface area contributed by atoms with Crippen LogP contribution in [0.3, 0.4) is 0 Å². The number of aromatic amines is 1. The molecule has 1 atom stereocenters. The number of nitrogens with one attached hydrogen (secondary N) is 2. The van der Waals surface area contributed by atoms with Crippen LogP contribution in [0.5, 0.6) is 0 Å². The number of ketones is 1. The van der Waals surface area contributed by atoms with E-state index in [0.29, 0.717) is 23.4 Å². The highest BCUT2D eigenvalue weighted by Gasteiger charge is 2.30. The lowest BCUT2D eigenvalue weighted by molar-refractivity contribution is 0.0519. The first-order valence-electron chi connectivity index (χ1n) is 8.63. The zero-order chi connectivity index (χ0) is 19.3. The first kappa shape index (κ1) is 20.7. The Balaban J connectivity index is 3.13. The molecule has 0 spiro atoms. The summed E-state index contributed by atoms with van der Waals surface area (Å²) in [6.45, 7) is 13.1. The molecule has 0 aromatic carbocycles. The van der Waals surface area contributed by atoms with E-state index in [9.17, 15) is 14.4 Å². The minimum Gasteiger partial charge on any atom is -0.461 e. The van der Waals surface area contributed by atoms with Gasteiger partial charge in [-0.2, -0.15) is 0 Å². The Morgan fingerprint density at radius 2 is 1.76 bits per heavy atom. The van der Waals surface area contributed by atoms with Crippen molar-refractivity contribution < 1.29 is 19.1 Å². The second-order valence-electron chi connectivity index (χ2n) is 6.28. The van der Waals surface area contributed by atoms with Crippen LogP contribution in [0.2, 0.25) is 0 Å². The molecule has 1 rings (SSSR count). The molecule has 0 saturated carbocycles. The van der Waals surface area contributed by atoms with Crippen LogP contribution in [-0.4, -0.2) is 52.9 Å². The van der Waals surface area contributed by atoms with Gasteiger partial charge in [-0.25, -0.2) is 9.59 Å². The summed E-state index contributed by atoms with van der Waals surface area (Å²) in [6, 6.07) is -0.947. The van der Waals surface area contributed by atoms with Gasteiger partial charge in [0, 0.05) is 23.8 Å². The van der Waals surface area contributed by atoms with Gasteiger partial charge in [-0.1, -0.05) is 0 Å². The molecule has 7 nitrogen and oxygen atoms in total. The number of aromatic nitrogens is 1. The number of Topliss-reactive ketones (excluding diaryl/α,β-unsaturated/α-hetero) is 1. The van der Waals surface area contributed by atoms with Gasteiger partial charge in [0.25, 0.3) is 0 Å². The van der Waals surface area contributed by atoms with Crippen molar-refractivity contribution in [2.24, 2.45) is 0 Å². The third-order valence-electron chi connectivity index (χ3n) is 4.02. The van der Waals surface area contributed by atoms with Gasteiger partial charge in [0.1, 0.15) is 5.69 Å². The number of rotatable bonds is 7. The van der Waals surface area contributed by atoms with Crippen LogP contribution in [0.15, 0.2) is 0 Å². The quantitative estimate of drug-likeness (QED) is 0.584. The molecule has 0 aliphatic heterocycles. The number of hydrogen-bond donors (Lipinski definition) is 2. The van der Waals surface area contributed by atoms with Crippen molar-refractivity contribution in [2.45, 2.75) is 60.5 Å². The molecule has 0 bridgehead atoms. The van der Waals surface area contributed by atoms with E-state index in [1.54, 1.807) is 27.7 Å². The van der Waals surface area contributed by atoms with Crippen LogP contribution < -0.4 is 5.32 Å². The lowest BCUT2D eigenvalue weighted by Gasteiger charge is -2.28. The number of aryl methyl sites for hydroxylation is 1. The fourth-order valence-corrected chi connectivity index (χ4v) is 2.80. The SMILES string of the molecule is CCOC(=O)c1[nH]c(C)c(C(=O)C(C)N(CC)C(=O)NC(C)C)c1C. The Bertz CT molecular complexity index is 649. The second-order valence-corrected chi connectivity index (χ2v) is 6.28. The van der Waals surface area contributed by atoms with E-state index in [0.717, 1.165) is 0 Å². The van der Waals surface area contributed by atoms with Crippen molar-refractivity contribution in [1.82, 2.24) is 15.2 Å². The average molecular weight is 351 g/mol. The topological polar surface area (TPSA) is 91.5 Å². The van der Waals surface area contributed by atoms with Crippen LogP contribution in [0.25, 0.3) is 0 Å². The summed E-state index contributed by atoms with van der Waals surface area (Å²) in [5.41, 5.74) is 1.86. The standard InChI is InChI=1S/C18H29N3O4/c1-8-21(18(24)19-10(3)4)13(7)16(22)14-11(5)15(20-12(14)6)17(23)25-9-2/h10,13,20H,8-9H2,1-7H3,(H,19,24). The van der Waals surface area contributed by atoms with Gasteiger partial charge in [0.05, 0.1) is 12.6 Å². The molecular weight excluding hydrogens is 322 g/mol. The largest absolute Gasteiger partial charge is 0.461 e. The van der Waals surface area contributed by atoms with Gasteiger partial charge in [-0.15, -0.1) is 0 Å². The number of likely N-dealkylation sites (N-methyl/N-ethyl adjacent to an activating group) is 1. The van der Waals surface area contributed by atoms with E-state index in [1.165, 1.54) is 4.90 Å². The maximum absolute atomic E-state index is 13.0. The Kier molecular flexibility index (Phi) is 7.21. The zero-order valence-electron chi connectivity index (χ0n) is 16.1. The summed E-state index contributed by atoms with van der Waals surface area (Å²) in [6.07, 6.45) is 0. The predicted molar refractivity (Wildman–Crippen MR) is 96.1 cm³/mol. The summed E-state index contributed by atoms with van der Waals surface area (Å²) in [4.78, 5) is 41.7. The lowest BCUT2D eigenvalue weighted by atomic mass is 10.00. The number of ether oxygens (including phenoxy) is 1. The molecule has 0 saturated heterocycles. The number of carbonyl (C=O) groups is 3. The number of amides is 2. The molecule has 0 radical (unpaired) electrons. The first-order chi connectivity index (χ1) is 11.6. The van der Waals surface area contributed by atoms with Crippen molar-refractivity contribution in [3.05, 3.63) is 22.5 Å². The van der Waals surface area contributed by atoms with E-state index in [1.807, 2.05) is 20.8 Å². The van der Waals surface area contributed by atoms with Crippen molar-refractivity contribution in [1.29, 1.82) is 0 Å². The van der Waals surface area contributed by atoms with Crippen LogP contribution in [0, 0.1) is 13.8 Å². The molecule has 2 N–H and O–H groups in total. The first-order valence-corrected chi connectivity index (χ1v) is 8.63. The number of nitrogens with zero attached hydrogens (tertiary/aromatic N) is 1. The molecular formula is C18H29N3O4. The molecule has 1 unspecified atom stereocenters. The molecule has 1 aromatic rings. The molecule has 25 heavy (non-hydrogen) atoms. The summed E-state index contributed by atoms with van der Waals surface area (Å²) < 4.78 is 5.01. The predicted octanol–water partition coefficient (Wildman–Crippen LogP) is 2.82. The Labute approximate surface area is 149 Å². The smallest absolute Gasteiger partial charge is 0.355 e. The van der Waals surface area contributed by atoms with E-state index in [-0.39, 0.29) is 30.2 Å². The molecule has 1 aromatic heterocycles. The maximum atomic E-state index is 13.0. The van der Waals surface area contributed by atoms with E-state index in [2.05, 4.69) is 10.3 Å². The number of carbonyl (C=O) groups excluding carboxylic acids is 3. The number of urea groups is 1. The fraction of sp³-hybridized carbons (Fsp3) is 0.611. The fourth-order valence-electron chi connectivity index (χ4n) is 2.80. The van der Waals surface area contributed by atoms with Crippen LogP contribution in [0.1, 0.15) is 66.7 Å². The van der Waals surface area contributed by atoms with Gasteiger partial charge in [-0.3, -0.25) is 4.79 Å². The number of hydrogen-bond acceptors (Lipinski definition) is 4. The Morgan fingerprint density at radius 3 is 2.24 bits per heavy atom. The highest BCUT2D eigenvalue weighted by molar-refractivity contribution is 6.06.